The lowest BCUT2D eigenvalue weighted by Gasteiger charge is -2.25. The zero-order chi connectivity index (χ0) is 12.8. The van der Waals surface area contributed by atoms with E-state index in [1.54, 1.807) is 7.11 Å². The van der Waals surface area contributed by atoms with Crippen molar-refractivity contribution in [2.45, 2.75) is 19.3 Å². The molecule has 0 radical (unpaired) electrons. The lowest BCUT2D eigenvalue weighted by molar-refractivity contribution is 0.207. The number of hydrazine groups is 1. The smallest absolute Gasteiger partial charge is 0.114 e. The zero-order valence-electron chi connectivity index (χ0n) is 10.9. The van der Waals surface area contributed by atoms with Gasteiger partial charge in [-0.2, -0.15) is 0 Å². The van der Waals surface area contributed by atoms with E-state index in [9.17, 15) is 0 Å². The van der Waals surface area contributed by atoms with Crippen LogP contribution in [0.2, 0.25) is 0 Å². The van der Waals surface area contributed by atoms with Crippen LogP contribution in [0.3, 0.4) is 0 Å². The average Bonchev–Trinajstić information content (AvgIpc) is 2.43. The Hall–Kier alpha value is -1.39. The second kappa shape index (κ2) is 6.52. The number of methoxy groups -OCH3 is 1. The van der Waals surface area contributed by atoms with Gasteiger partial charge in [0.1, 0.15) is 5.84 Å². The molecule has 3 N–H and O–H groups in total. The molecule has 0 fully saturated rings. The summed E-state index contributed by atoms with van der Waals surface area (Å²) in [6, 6.07) is 8.61. The van der Waals surface area contributed by atoms with Crippen LogP contribution in [-0.2, 0) is 17.6 Å². The maximum Gasteiger partial charge on any atom is 0.114 e. The lowest BCUT2D eigenvalue weighted by atomic mass is 9.83. The van der Waals surface area contributed by atoms with E-state index in [1.807, 2.05) is 0 Å². The number of fused-ring (bicyclic) bond motifs is 1. The van der Waals surface area contributed by atoms with Gasteiger partial charge in [0, 0.05) is 13.0 Å². The van der Waals surface area contributed by atoms with Gasteiger partial charge in [-0.25, -0.2) is 5.84 Å². The third-order valence-corrected chi connectivity index (χ3v) is 3.46. The molecule has 98 valence electrons. The first kappa shape index (κ1) is 13.1. The number of ether oxygens (including phenoxy) is 1. The summed E-state index contributed by atoms with van der Waals surface area (Å²) in [5.74, 6) is 6.89. The maximum atomic E-state index is 5.58. The van der Waals surface area contributed by atoms with Crippen molar-refractivity contribution < 1.29 is 4.74 Å². The molecule has 2 rings (SSSR count). The third-order valence-electron chi connectivity index (χ3n) is 3.46. The number of nitrogens with zero attached hydrogens (tertiary/aromatic N) is 1. The minimum atomic E-state index is 0.404. The van der Waals surface area contributed by atoms with Crippen LogP contribution >= 0.6 is 0 Å². The fourth-order valence-corrected chi connectivity index (χ4v) is 2.48. The lowest BCUT2D eigenvalue weighted by Crippen LogP contribution is -2.39. The summed E-state index contributed by atoms with van der Waals surface area (Å²) in [6.07, 6.45) is 3.23. The first-order valence-corrected chi connectivity index (χ1v) is 6.42. The van der Waals surface area contributed by atoms with E-state index < -0.39 is 0 Å². The molecule has 0 saturated carbocycles. The summed E-state index contributed by atoms with van der Waals surface area (Å²) in [5.41, 5.74) is 5.64. The number of nitrogens with two attached hydrogens (primary N) is 1. The fraction of sp³-hybridized carbons (Fsp3) is 0.500. The van der Waals surface area contributed by atoms with Crippen molar-refractivity contribution in [3.8, 4) is 0 Å². The quantitative estimate of drug-likeness (QED) is 0.277. The van der Waals surface area contributed by atoms with Gasteiger partial charge < -0.3 is 10.2 Å². The van der Waals surface area contributed by atoms with Gasteiger partial charge in [-0.1, -0.05) is 24.3 Å². The van der Waals surface area contributed by atoms with Gasteiger partial charge >= 0.3 is 0 Å². The maximum absolute atomic E-state index is 5.58. The van der Waals surface area contributed by atoms with Gasteiger partial charge in [-0.05, 0) is 30.4 Å². The van der Waals surface area contributed by atoms with E-state index in [4.69, 9.17) is 10.6 Å². The minimum absolute atomic E-state index is 0.404. The monoisotopic (exact) mass is 247 g/mol. The van der Waals surface area contributed by atoms with Crippen LogP contribution in [0, 0.1) is 5.92 Å². The van der Waals surface area contributed by atoms with Crippen LogP contribution in [0.1, 0.15) is 17.5 Å². The molecular weight excluding hydrogens is 226 g/mol. The summed E-state index contributed by atoms with van der Waals surface area (Å²) in [7, 11) is 1.68. The Morgan fingerprint density at radius 2 is 2.22 bits per heavy atom. The van der Waals surface area contributed by atoms with Crippen molar-refractivity contribution in [1.82, 2.24) is 5.43 Å². The fourth-order valence-electron chi connectivity index (χ4n) is 2.48. The Labute approximate surface area is 108 Å². The van der Waals surface area contributed by atoms with Crippen LogP contribution in [0.15, 0.2) is 29.3 Å². The SMILES string of the molecule is COCCN=C(NN)C1CCc2ccccc2C1. The Morgan fingerprint density at radius 1 is 1.44 bits per heavy atom. The number of aliphatic imine (C=N–C) groups is 1. The highest BCUT2D eigenvalue weighted by Crippen LogP contribution is 2.25. The Kier molecular flexibility index (Phi) is 4.73. The molecule has 1 aliphatic rings. The van der Waals surface area contributed by atoms with E-state index in [-0.39, 0.29) is 0 Å². The van der Waals surface area contributed by atoms with Crippen molar-refractivity contribution in [2.24, 2.45) is 16.8 Å². The van der Waals surface area contributed by atoms with E-state index in [0.717, 1.165) is 25.1 Å². The van der Waals surface area contributed by atoms with Gasteiger partial charge in [-0.3, -0.25) is 4.99 Å². The predicted octanol–water partition coefficient (Wildman–Crippen LogP) is 1.30. The third kappa shape index (κ3) is 3.09. The number of amidine groups is 1. The Balaban J connectivity index is 2.04. The van der Waals surface area contributed by atoms with E-state index in [0.29, 0.717) is 19.1 Å². The summed E-state index contributed by atoms with van der Waals surface area (Å²) in [5, 5.41) is 0. The molecule has 0 spiro atoms. The topological polar surface area (TPSA) is 59.6 Å². The molecule has 4 nitrogen and oxygen atoms in total. The molecule has 1 aliphatic carbocycles. The summed E-state index contributed by atoms with van der Waals surface area (Å²) in [4.78, 5) is 4.48. The second-order valence-corrected chi connectivity index (χ2v) is 4.61. The van der Waals surface area contributed by atoms with Gasteiger partial charge in [0.15, 0.2) is 0 Å². The Morgan fingerprint density at radius 3 is 2.94 bits per heavy atom. The van der Waals surface area contributed by atoms with E-state index >= 15 is 0 Å². The van der Waals surface area contributed by atoms with Gasteiger partial charge in [-0.15, -0.1) is 0 Å². The number of hydrogen-bond donors (Lipinski definition) is 2. The number of rotatable bonds is 4. The molecule has 0 saturated heterocycles. The second-order valence-electron chi connectivity index (χ2n) is 4.61. The molecule has 0 aliphatic heterocycles. The molecule has 1 atom stereocenters. The highest BCUT2D eigenvalue weighted by Gasteiger charge is 2.22. The first-order valence-electron chi connectivity index (χ1n) is 6.42. The highest BCUT2D eigenvalue weighted by molar-refractivity contribution is 5.84. The molecular formula is C14H21N3O. The predicted molar refractivity (Wildman–Crippen MR) is 73.5 cm³/mol. The van der Waals surface area contributed by atoms with Crippen LogP contribution in [-0.4, -0.2) is 26.1 Å². The molecule has 1 aromatic carbocycles. The molecule has 18 heavy (non-hydrogen) atoms. The van der Waals surface area contributed by atoms with E-state index in [2.05, 4.69) is 34.7 Å². The number of aryl methyl sites for hydroxylation is 1. The van der Waals surface area contributed by atoms with Crippen molar-refractivity contribution in [3.63, 3.8) is 0 Å². The number of benzene rings is 1. The largest absolute Gasteiger partial charge is 0.383 e. The molecule has 0 aromatic heterocycles. The summed E-state index contributed by atoms with van der Waals surface area (Å²) >= 11 is 0. The molecule has 0 heterocycles. The molecule has 1 unspecified atom stereocenters. The molecule has 0 bridgehead atoms. The number of hydrogen-bond acceptors (Lipinski definition) is 3. The van der Waals surface area contributed by atoms with Crippen molar-refractivity contribution >= 4 is 5.84 Å². The van der Waals surface area contributed by atoms with Crippen LogP contribution < -0.4 is 11.3 Å². The Bertz CT molecular complexity index is 417. The van der Waals surface area contributed by atoms with Crippen LogP contribution in [0.4, 0.5) is 0 Å². The minimum Gasteiger partial charge on any atom is -0.383 e. The van der Waals surface area contributed by atoms with Crippen LogP contribution in [0.25, 0.3) is 0 Å². The normalized spacial score (nSPS) is 19.4. The average molecular weight is 247 g/mol. The van der Waals surface area contributed by atoms with Crippen molar-refractivity contribution in [2.75, 3.05) is 20.3 Å². The van der Waals surface area contributed by atoms with Gasteiger partial charge in [0.05, 0.1) is 13.2 Å². The standard InChI is InChI=1S/C14H21N3O/c1-18-9-8-16-14(17-15)13-7-6-11-4-2-3-5-12(11)10-13/h2-5,13H,6-10,15H2,1H3,(H,16,17). The van der Waals surface area contributed by atoms with Crippen molar-refractivity contribution in [1.29, 1.82) is 0 Å². The zero-order valence-corrected chi connectivity index (χ0v) is 10.9. The number of nitrogens with one attached hydrogen (secondary N) is 1. The molecule has 1 aromatic rings. The first-order chi connectivity index (χ1) is 8.85. The van der Waals surface area contributed by atoms with Crippen LogP contribution in [0.5, 0.6) is 0 Å². The summed E-state index contributed by atoms with van der Waals surface area (Å²) in [6.45, 7) is 1.29. The van der Waals surface area contributed by atoms with E-state index in [1.165, 1.54) is 11.1 Å². The highest BCUT2D eigenvalue weighted by atomic mass is 16.5. The van der Waals surface area contributed by atoms with Gasteiger partial charge in [0.2, 0.25) is 0 Å². The molecule has 0 amide bonds. The van der Waals surface area contributed by atoms with Gasteiger partial charge in [0.25, 0.3) is 0 Å². The molecule has 4 heteroatoms. The summed E-state index contributed by atoms with van der Waals surface area (Å²) < 4.78 is 5.00. The van der Waals surface area contributed by atoms with Crippen molar-refractivity contribution in [3.05, 3.63) is 35.4 Å².